The molecule has 1 aromatic rings. The predicted molar refractivity (Wildman–Crippen MR) is 52.8 cm³/mol. The van der Waals surface area contributed by atoms with E-state index in [9.17, 15) is 9.59 Å². The molecular weight excluding hydrogens is 198 g/mol. The summed E-state index contributed by atoms with van der Waals surface area (Å²) in [7, 11) is 0. The van der Waals surface area contributed by atoms with Crippen LogP contribution in [0, 0.1) is 6.92 Å². The summed E-state index contributed by atoms with van der Waals surface area (Å²) in [5.41, 5.74) is 5.54. The van der Waals surface area contributed by atoms with E-state index >= 15 is 0 Å². The van der Waals surface area contributed by atoms with Crippen molar-refractivity contribution in [2.24, 2.45) is 5.73 Å². The van der Waals surface area contributed by atoms with Crippen LogP contribution in [0.3, 0.4) is 0 Å². The van der Waals surface area contributed by atoms with Crippen LogP contribution in [-0.4, -0.2) is 23.6 Å². The lowest BCUT2D eigenvalue weighted by Gasteiger charge is -2.08. The van der Waals surface area contributed by atoms with Gasteiger partial charge in [-0.2, -0.15) is 0 Å². The van der Waals surface area contributed by atoms with Crippen molar-refractivity contribution in [3.8, 4) is 5.75 Å². The van der Waals surface area contributed by atoms with Gasteiger partial charge in [0, 0.05) is 5.56 Å². The third-order valence-electron chi connectivity index (χ3n) is 1.88. The monoisotopic (exact) mass is 209 g/mol. The third-order valence-corrected chi connectivity index (χ3v) is 1.88. The van der Waals surface area contributed by atoms with Crippen LogP contribution >= 0.6 is 0 Å². The molecule has 1 rings (SSSR count). The third kappa shape index (κ3) is 2.70. The van der Waals surface area contributed by atoms with Crippen molar-refractivity contribution in [2.45, 2.75) is 6.92 Å². The van der Waals surface area contributed by atoms with Crippen LogP contribution < -0.4 is 10.5 Å². The Balaban J connectivity index is 2.94. The molecule has 0 radical (unpaired) electrons. The number of nitrogens with two attached hydrogens (primary N) is 1. The summed E-state index contributed by atoms with van der Waals surface area (Å²) in [6.45, 7) is 1.35. The Morgan fingerprint density at radius 2 is 2.13 bits per heavy atom. The lowest BCUT2D eigenvalue weighted by molar-refractivity contribution is -0.119. The first-order chi connectivity index (χ1) is 7.02. The summed E-state index contributed by atoms with van der Waals surface area (Å²) in [6, 6.07) is 4.60. The lowest BCUT2D eigenvalue weighted by atomic mass is 10.1. The maximum absolute atomic E-state index is 10.8. The molecule has 0 spiro atoms. The smallest absolute Gasteiger partial charge is 0.336 e. The summed E-state index contributed by atoms with van der Waals surface area (Å²) < 4.78 is 5.05. The van der Waals surface area contributed by atoms with Crippen LogP contribution in [0.25, 0.3) is 0 Å². The largest absolute Gasteiger partial charge is 0.483 e. The van der Waals surface area contributed by atoms with Gasteiger partial charge < -0.3 is 15.6 Å². The van der Waals surface area contributed by atoms with E-state index in [4.69, 9.17) is 15.6 Å². The highest BCUT2D eigenvalue weighted by Gasteiger charge is 2.11. The van der Waals surface area contributed by atoms with E-state index in [0.717, 1.165) is 0 Å². The number of rotatable bonds is 4. The Labute approximate surface area is 86.5 Å². The van der Waals surface area contributed by atoms with E-state index in [0.29, 0.717) is 11.3 Å². The summed E-state index contributed by atoms with van der Waals surface area (Å²) in [5.74, 6) is -1.28. The van der Waals surface area contributed by atoms with E-state index in [2.05, 4.69) is 0 Å². The first-order valence-electron chi connectivity index (χ1n) is 4.26. The number of hydrogen-bond acceptors (Lipinski definition) is 3. The quantitative estimate of drug-likeness (QED) is 0.758. The van der Waals surface area contributed by atoms with Crippen LogP contribution in [0.15, 0.2) is 18.2 Å². The molecule has 0 saturated carbocycles. The Bertz CT molecular complexity index is 400. The minimum atomic E-state index is -1.03. The minimum absolute atomic E-state index is 0.150. The highest BCUT2D eigenvalue weighted by atomic mass is 16.5. The normalized spacial score (nSPS) is 9.67. The van der Waals surface area contributed by atoms with E-state index in [-0.39, 0.29) is 12.2 Å². The molecule has 1 amide bonds. The van der Waals surface area contributed by atoms with Crippen molar-refractivity contribution in [3.63, 3.8) is 0 Å². The molecule has 0 saturated heterocycles. The van der Waals surface area contributed by atoms with Crippen molar-refractivity contribution >= 4 is 11.9 Å². The van der Waals surface area contributed by atoms with Gasteiger partial charge in [-0.1, -0.05) is 6.07 Å². The zero-order valence-corrected chi connectivity index (χ0v) is 8.19. The standard InChI is InChI=1S/C10H11NO4/c1-6-7(10(13)14)3-2-4-8(6)15-5-9(11)12/h2-4H,5H2,1H3,(H2,11,12)(H,13,14). The lowest BCUT2D eigenvalue weighted by Crippen LogP contribution is -2.20. The second-order valence-electron chi connectivity index (χ2n) is 2.99. The molecule has 0 aliphatic carbocycles. The molecule has 1 aromatic carbocycles. The van der Waals surface area contributed by atoms with Gasteiger partial charge in [-0.05, 0) is 19.1 Å². The van der Waals surface area contributed by atoms with E-state index in [1.807, 2.05) is 0 Å². The molecule has 5 nitrogen and oxygen atoms in total. The van der Waals surface area contributed by atoms with Gasteiger partial charge >= 0.3 is 5.97 Å². The molecular formula is C10H11NO4. The Morgan fingerprint density at radius 1 is 1.47 bits per heavy atom. The maximum atomic E-state index is 10.8. The number of ether oxygens (including phenoxy) is 1. The zero-order valence-electron chi connectivity index (χ0n) is 8.19. The molecule has 80 valence electrons. The van der Waals surface area contributed by atoms with Crippen LogP contribution in [0.2, 0.25) is 0 Å². The Morgan fingerprint density at radius 3 is 2.67 bits per heavy atom. The van der Waals surface area contributed by atoms with Gasteiger partial charge in [0.25, 0.3) is 5.91 Å². The SMILES string of the molecule is Cc1c(OCC(N)=O)cccc1C(=O)O. The van der Waals surface area contributed by atoms with E-state index in [1.165, 1.54) is 6.07 Å². The Kier molecular flexibility index (Phi) is 3.28. The second kappa shape index (κ2) is 4.45. The van der Waals surface area contributed by atoms with Gasteiger partial charge in [0.15, 0.2) is 6.61 Å². The molecule has 3 N–H and O–H groups in total. The van der Waals surface area contributed by atoms with Gasteiger partial charge in [0.05, 0.1) is 5.56 Å². The summed E-state index contributed by atoms with van der Waals surface area (Å²) >= 11 is 0. The Hall–Kier alpha value is -2.04. The molecule has 0 atom stereocenters. The summed E-state index contributed by atoms with van der Waals surface area (Å²) in [5, 5.41) is 8.82. The zero-order chi connectivity index (χ0) is 11.4. The molecule has 0 heterocycles. The van der Waals surface area contributed by atoms with Crippen LogP contribution in [0.4, 0.5) is 0 Å². The van der Waals surface area contributed by atoms with Gasteiger partial charge in [-0.15, -0.1) is 0 Å². The first-order valence-corrected chi connectivity index (χ1v) is 4.26. The average Bonchev–Trinajstić information content (AvgIpc) is 2.15. The molecule has 0 fully saturated rings. The van der Waals surface area contributed by atoms with E-state index in [1.54, 1.807) is 19.1 Å². The number of primary amides is 1. The molecule has 0 unspecified atom stereocenters. The minimum Gasteiger partial charge on any atom is -0.483 e. The number of amides is 1. The molecule has 5 heteroatoms. The van der Waals surface area contributed by atoms with Crippen molar-refractivity contribution in [3.05, 3.63) is 29.3 Å². The predicted octanol–water partition coefficient (Wildman–Crippen LogP) is 0.557. The van der Waals surface area contributed by atoms with Gasteiger partial charge in [-0.25, -0.2) is 4.79 Å². The summed E-state index contributed by atoms with van der Waals surface area (Å²) in [4.78, 5) is 21.2. The highest BCUT2D eigenvalue weighted by Crippen LogP contribution is 2.21. The fraction of sp³-hybridized carbons (Fsp3) is 0.200. The van der Waals surface area contributed by atoms with Crippen LogP contribution in [0.1, 0.15) is 15.9 Å². The van der Waals surface area contributed by atoms with Gasteiger partial charge in [0.1, 0.15) is 5.75 Å². The van der Waals surface area contributed by atoms with Crippen molar-refractivity contribution in [1.82, 2.24) is 0 Å². The molecule has 0 bridgehead atoms. The maximum Gasteiger partial charge on any atom is 0.336 e. The van der Waals surface area contributed by atoms with Crippen LogP contribution in [0.5, 0.6) is 5.75 Å². The molecule has 15 heavy (non-hydrogen) atoms. The summed E-state index contributed by atoms with van der Waals surface area (Å²) in [6.07, 6.45) is 0. The fourth-order valence-corrected chi connectivity index (χ4v) is 1.15. The molecule has 0 aliphatic heterocycles. The molecule has 0 aliphatic rings. The number of carboxylic acids is 1. The molecule has 0 aromatic heterocycles. The number of aromatic carboxylic acids is 1. The van der Waals surface area contributed by atoms with Crippen molar-refractivity contribution in [2.75, 3.05) is 6.61 Å². The first kappa shape index (κ1) is 11.0. The number of carbonyl (C=O) groups is 2. The number of benzene rings is 1. The topological polar surface area (TPSA) is 89.6 Å². The number of hydrogen-bond donors (Lipinski definition) is 2. The highest BCUT2D eigenvalue weighted by molar-refractivity contribution is 5.90. The number of carbonyl (C=O) groups excluding carboxylic acids is 1. The second-order valence-corrected chi connectivity index (χ2v) is 2.99. The van der Waals surface area contributed by atoms with Crippen molar-refractivity contribution in [1.29, 1.82) is 0 Å². The van der Waals surface area contributed by atoms with E-state index < -0.39 is 11.9 Å². The van der Waals surface area contributed by atoms with Gasteiger partial charge in [-0.3, -0.25) is 4.79 Å². The average molecular weight is 209 g/mol. The number of carboxylic acid groups (broad SMARTS) is 1. The van der Waals surface area contributed by atoms with Crippen LogP contribution in [-0.2, 0) is 4.79 Å². The van der Waals surface area contributed by atoms with Crippen molar-refractivity contribution < 1.29 is 19.4 Å². The van der Waals surface area contributed by atoms with Gasteiger partial charge in [0.2, 0.25) is 0 Å². The fourth-order valence-electron chi connectivity index (χ4n) is 1.15.